The number of amides is 1. The van der Waals surface area contributed by atoms with Gasteiger partial charge in [-0.2, -0.15) is 0 Å². The van der Waals surface area contributed by atoms with Crippen LogP contribution in [0.15, 0.2) is 48.5 Å². The lowest BCUT2D eigenvalue weighted by atomic mass is 10.1. The van der Waals surface area contributed by atoms with Crippen LogP contribution in [0, 0.1) is 11.6 Å². The van der Waals surface area contributed by atoms with Crippen molar-refractivity contribution >= 4 is 11.6 Å². The average Bonchev–Trinajstić information content (AvgIpc) is 2.62. The molecule has 1 heterocycles. The molecule has 0 saturated carbocycles. The summed E-state index contributed by atoms with van der Waals surface area (Å²) >= 11 is 0. The number of hydrogen-bond acceptors (Lipinski definition) is 2. The number of rotatable bonds is 4. The quantitative estimate of drug-likeness (QED) is 0.859. The Balaban J connectivity index is 1.48. The van der Waals surface area contributed by atoms with E-state index >= 15 is 0 Å². The van der Waals surface area contributed by atoms with Gasteiger partial charge in [0.25, 0.3) is 0 Å². The van der Waals surface area contributed by atoms with Crippen LogP contribution in [0.25, 0.3) is 0 Å². The molecular formula is C19H20F2N2O. The van der Waals surface area contributed by atoms with Crippen LogP contribution in [0.5, 0.6) is 0 Å². The molecule has 2 aromatic carbocycles. The smallest absolute Gasteiger partial charge is 0.223 e. The summed E-state index contributed by atoms with van der Waals surface area (Å²) in [6.45, 7) is 2.82. The number of nitrogens with zero attached hydrogens (tertiary/aromatic N) is 2. The predicted molar refractivity (Wildman–Crippen MR) is 89.9 cm³/mol. The summed E-state index contributed by atoms with van der Waals surface area (Å²) in [5.74, 6) is -0.381. The first-order valence-corrected chi connectivity index (χ1v) is 8.14. The van der Waals surface area contributed by atoms with Gasteiger partial charge in [0, 0.05) is 38.3 Å². The molecule has 0 bridgehead atoms. The topological polar surface area (TPSA) is 23.6 Å². The molecule has 2 aromatic rings. The molecule has 3 rings (SSSR count). The molecule has 126 valence electrons. The normalized spacial score (nSPS) is 14.8. The molecule has 1 aliphatic heterocycles. The van der Waals surface area contributed by atoms with Gasteiger partial charge in [-0.15, -0.1) is 0 Å². The zero-order chi connectivity index (χ0) is 16.9. The molecule has 1 aliphatic rings. The third-order valence-electron chi connectivity index (χ3n) is 4.36. The summed E-state index contributed by atoms with van der Waals surface area (Å²) < 4.78 is 25.9. The number of hydrogen-bond donors (Lipinski definition) is 0. The number of benzene rings is 2. The second-order valence-corrected chi connectivity index (χ2v) is 5.97. The average molecular weight is 330 g/mol. The lowest BCUT2D eigenvalue weighted by Gasteiger charge is -2.36. The first-order chi connectivity index (χ1) is 11.6. The number of anilines is 1. The second kappa shape index (κ2) is 7.43. The SMILES string of the molecule is O=C(CCc1ccc(F)cc1)N1CCN(c2ccc(F)cc2)CC1. The summed E-state index contributed by atoms with van der Waals surface area (Å²) in [6.07, 6.45) is 1.06. The summed E-state index contributed by atoms with van der Waals surface area (Å²) in [6, 6.07) is 12.7. The fourth-order valence-corrected chi connectivity index (χ4v) is 2.93. The highest BCUT2D eigenvalue weighted by molar-refractivity contribution is 5.76. The number of carbonyl (C=O) groups excluding carboxylic acids is 1. The van der Waals surface area contributed by atoms with Crippen molar-refractivity contribution in [3.8, 4) is 0 Å². The summed E-state index contributed by atoms with van der Waals surface area (Å²) in [5.41, 5.74) is 1.95. The van der Waals surface area contributed by atoms with E-state index in [-0.39, 0.29) is 17.5 Å². The molecule has 0 N–H and O–H groups in total. The number of halogens is 2. The molecule has 0 unspecified atom stereocenters. The van der Waals surface area contributed by atoms with Crippen molar-refractivity contribution in [1.82, 2.24) is 4.90 Å². The predicted octanol–water partition coefficient (Wildman–Crippen LogP) is 3.25. The Morgan fingerprint density at radius 1 is 0.833 bits per heavy atom. The third-order valence-corrected chi connectivity index (χ3v) is 4.36. The molecule has 0 aromatic heterocycles. The highest BCUT2D eigenvalue weighted by atomic mass is 19.1. The van der Waals surface area contributed by atoms with Crippen molar-refractivity contribution in [3.05, 3.63) is 65.7 Å². The van der Waals surface area contributed by atoms with Gasteiger partial charge >= 0.3 is 0 Å². The molecule has 3 nitrogen and oxygen atoms in total. The van der Waals surface area contributed by atoms with Gasteiger partial charge in [0.15, 0.2) is 0 Å². The third kappa shape index (κ3) is 4.10. The maximum absolute atomic E-state index is 13.0. The van der Waals surface area contributed by atoms with Crippen LogP contribution < -0.4 is 4.90 Å². The molecule has 5 heteroatoms. The van der Waals surface area contributed by atoms with E-state index in [1.807, 2.05) is 4.90 Å². The minimum atomic E-state index is -0.262. The Bertz CT molecular complexity index is 678. The van der Waals surface area contributed by atoms with Crippen LogP contribution in [0.4, 0.5) is 14.5 Å². The van der Waals surface area contributed by atoms with E-state index in [0.29, 0.717) is 25.9 Å². The van der Waals surface area contributed by atoms with Crippen LogP contribution in [0.3, 0.4) is 0 Å². The summed E-state index contributed by atoms with van der Waals surface area (Å²) in [4.78, 5) is 16.3. The van der Waals surface area contributed by atoms with Gasteiger partial charge in [-0.25, -0.2) is 8.78 Å². The van der Waals surface area contributed by atoms with Crippen LogP contribution in [0.2, 0.25) is 0 Å². The highest BCUT2D eigenvalue weighted by Crippen LogP contribution is 2.17. The number of piperazine rings is 1. The van der Waals surface area contributed by atoms with E-state index in [2.05, 4.69) is 4.90 Å². The Hall–Kier alpha value is -2.43. The standard InChI is InChI=1S/C19H20F2N2O/c20-16-4-1-15(2-5-16)3-10-19(24)23-13-11-22(12-14-23)18-8-6-17(21)7-9-18/h1-2,4-9H,3,10-14H2. The first-order valence-electron chi connectivity index (χ1n) is 8.14. The Labute approximate surface area is 140 Å². The molecule has 0 aliphatic carbocycles. The van der Waals surface area contributed by atoms with Gasteiger partial charge in [-0.05, 0) is 48.4 Å². The lowest BCUT2D eigenvalue weighted by molar-refractivity contribution is -0.131. The minimum Gasteiger partial charge on any atom is -0.368 e. The van der Waals surface area contributed by atoms with E-state index in [1.165, 1.54) is 24.3 Å². The van der Waals surface area contributed by atoms with Crippen LogP contribution >= 0.6 is 0 Å². The zero-order valence-electron chi connectivity index (χ0n) is 13.4. The molecule has 0 radical (unpaired) electrons. The Morgan fingerprint density at radius 2 is 1.38 bits per heavy atom. The van der Waals surface area contributed by atoms with E-state index in [9.17, 15) is 13.6 Å². The van der Waals surface area contributed by atoms with Crippen LogP contribution in [-0.4, -0.2) is 37.0 Å². The first kappa shape index (κ1) is 16.4. The summed E-state index contributed by atoms with van der Waals surface area (Å²) in [5, 5.41) is 0. The maximum atomic E-state index is 13.0. The Kier molecular flexibility index (Phi) is 5.08. The lowest BCUT2D eigenvalue weighted by Crippen LogP contribution is -2.48. The van der Waals surface area contributed by atoms with Gasteiger partial charge < -0.3 is 9.80 Å². The maximum Gasteiger partial charge on any atom is 0.223 e. The van der Waals surface area contributed by atoms with Gasteiger partial charge in [0.1, 0.15) is 11.6 Å². The Morgan fingerprint density at radius 3 is 1.96 bits per heavy atom. The van der Waals surface area contributed by atoms with Crippen molar-refractivity contribution in [3.63, 3.8) is 0 Å². The second-order valence-electron chi connectivity index (χ2n) is 5.97. The van der Waals surface area contributed by atoms with Gasteiger partial charge in [-0.1, -0.05) is 12.1 Å². The van der Waals surface area contributed by atoms with Crippen molar-refractivity contribution in [2.24, 2.45) is 0 Å². The van der Waals surface area contributed by atoms with E-state index in [0.717, 1.165) is 24.3 Å². The molecule has 1 amide bonds. The molecule has 24 heavy (non-hydrogen) atoms. The van der Waals surface area contributed by atoms with Gasteiger partial charge in [0.2, 0.25) is 5.91 Å². The van der Waals surface area contributed by atoms with Crippen LogP contribution in [-0.2, 0) is 11.2 Å². The summed E-state index contributed by atoms with van der Waals surface area (Å²) in [7, 11) is 0. The fourth-order valence-electron chi connectivity index (χ4n) is 2.93. The minimum absolute atomic E-state index is 0.123. The van der Waals surface area contributed by atoms with Crippen molar-refractivity contribution in [2.45, 2.75) is 12.8 Å². The highest BCUT2D eigenvalue weighted by Gasteiger charge is 2.21. The van der Waals surface area contributed by atoms with E-state index in [1.54, 1.807) is 24.3 Å². The van der Waals surface area contributed by atoms with Gasteiger partial charge in [-0.3, -0.25) is 4.79 Å². The molecule has 1 saturated heterocycles. The zero-order valence-corrected chi connectivity index (χ0v) is 13.4. The van der Waals surface area contributed by atoms with Gasteiger partial charge in [0.05, 0.1) is 0 Å². The molecular weight excluding hydrogens is 310 g/mol. The van der Waals surface area contributed by atoms with Crippen molar-refractivity contribution in [2.75, 3.05) is 31.1 Å². The number of aryl methyl sites for hydroxylation is 1. The van der Waals surface area contributed by atoms with E-state index < -0.39 is 0 Å². The largest absolute Gasteiger partial charge is 0.368 e. The van der Waals surface area contributed by atoms with E-state index in [4.69, 9.17) is 0 Å². The fraction of sp³-hybridized carbons (Fsp3) is 0.316. The molecule has 0 spiro atoms. The van der Waals surface area contributed by atoms with Crippen molar-refractivity contribution < 1.29 is 13.6 Å². The number of carbonyl (C=O) groups is 1. The molecule has 1 fully saturated rings. The monoisotopic (exact) mass is 330 g/mol. The molecule has 0 atom stereocenters. The van der Waals surface area contributed by atoms with Crippen molar-refractivity contribution in [1.29, 1.82) is 0 Å². The van der Waals surface area contributed by atoms with Crippen LogP contribution in [0.1, 0.15) is 12.0 Å².